The van der Waals surface area contributed by atoms with E-state index in [-0.39, 0.29) is 12.3 Å². The molecule has 1 aliphatic rings. The molecule has 7 heteroatoms. The van der Waals surface area contributed by atoms with Crippen molar-refractivity contribution in [3.63, 3.8) is 0 Å². The van der Waals surface area contributed by atoms with E-state index < -0.39 is 5.97 Å². The molecule has 162 valence electrons. The van der Waals surface area contributed by atoms with Gasteiger partial charge in [-0.1, -0.05) is 41.6 Å². The lowest BCUT2D eigenvalue weighted by Gasteiger charge is -2.17. The Morgan fingerprint density at radius 2 is 1.97 bits per heavy atom. The number of hydrogen-bond acceptors (Lipinski definition) is 6. The Kier molecular flexibility index (Phi) is 6.92. The standard InChI is InChI=1S/C24H28N4O3/c29-23(30)16-18(14-17-6-2-1-3-7-17)15-22-27-21(28-31-22)10-4-9-20-12-11-19-8-5-13-25-24(19)26-20/h1-3,6-7,11-12,18H,4-5,8-10,13-16H2,(H,25,26)(H,29,30). The Labute approximate surface area is 181 Å². The van der Waals surface area contributed by atoms with Crippen LogP contribution in [0.2, 0.25) is 0 Å². The van der Waals surface area contributed by atoms with E-state index in [0.29, 0.717) is 31.0 Å². The van der Waals surface area contributed by atoms with Crippen molar-refractivity contribution < 1.29 is 14.4 Å². The maximum absolute atomic E-state index is 11.3. The van der Waals surface area contributed by atoms with E-state index in [0.717, 1.165) is 49.3 Å². The number of pyridine rings is 1. The third-order valence-electron chi connectivity index (χ3n) is 5.59. The van der Waals surface area contributed by atoms with E-state index in [4.69, 9.17) is 9.51 Å². The molecule has 0 amide bonds. The van der Waals surface area contributed by atoms with Crippen LogP contribution in [0.1, 0.15) is 47.8 Å². The van der Waals surface area contributed by atoms with Crippen molar-refractivity contribution in [1.29, 1.82) is 0 Å². The lowest BCUT2D eigenvalue weighted by atomic mass is 9.93. The van der Waals surface area contributed by atoms with E-state index >= 15 is 0 Å². The molecule has 1 unspecified atom stereocenters. The van der Waals surface area contributed by atoms with Crippen LogP contribution in [0.4, 0.5) is 5.82 Å². The molecule has 1 aliphatic heterocycles. The van der Waals surface area contributed by atoms with Gasteiger partial charge in [0.05, 0.1) is 0 Å². The second-order valence-corrected chi connectivity index (χ2v) is 8.16. The molecule has 0 saturated carbocycles. The predicted octanol–water partition coefficient (Wildman–Crippen LogP) is 3.87. The summed E-state index contributed by atoms with van der Waals surface area (Å²) >= 11 is 0. The van der Waals surface area contributed by atoms with Gasteiger partial charge in [0.1, 0.15) is 5.82 Å². The maximum atomic E-state index is 11.3. The molecular weight excluding hydrogens is 392 g/mol. The van der Waals surface area contributed by atoms with Crippen LogP contribution in [-0.4, -0.2) is 32.7 Å². The van der Waals surface area contributed by atoms with Gasteiger partial charge in [0, 0.05) is 31.5 Å². The van der Waals surface area contributed by atoms with Gasteiger partial charge in [-0.2, -0.15) is 4.98 Å². The van der Waals surface area contributed by atoms with Gasteiger partial charge < -0.3 is 14.9 Å². The lowest BCUT2D eigenvalue weighted by molar-refractivity contribution is -0.138. The average Bonchev–Trinajstić information content (AvgIpc) is 3.21. The van der Waals surface area contributed by atoms with Crippen LogP contribution >= 0.6 is 0 Å². The van der Waals surface area contributed by atoms with Crippen LogP contribution in [-0.2, 0) is 36.9 Å². The SMILES string of the molecule is O=C(O)CC(Cc1ccccc1)Cc1nc(CCCc2ccc3c(n2)NCCC3)no1. The number of carboxylic acid groups (broad SMARTS) is 1. The molecule has 3 heterocycles. The van der Waals surface area contributed by atoms with E-state index in [9.17, 15) is 9.90 Å². The number of carboxylic acids is 1. The first-order valence-electron chi connectivity index (χ1n) is 11.0. The number of benzene rings is 1. The molecule has 3 aromatic rings. The number of aryl methyl sites for hydroxylation is 3. The van der Waals surface area contributed by atoms with Crippen molar-refractivity contribution in [2.45, 2.75) is 51.4 Å². The van der Waals surface area contributed by atoms with Gasteiger partial charge in [-0.15, -0.1) is 0 Å². The van der Waals surface area contributed by atoms with Gasteiger partial charge in [-0.05, 0) is 55.2 Å². The Balaban J connectivity index is 1.30. The summed E-state index contributed by atoms with van der Waals surface area (Å²) in [6.07, 6.45) is 5.90. The van der Waals surface area contributed by atoms with E-state index in [1.165, 1.54) is 5.56 Å². The van der Waals surface area contributed by atoms with Gasteiger partial charge in [0.2, 0.25) is 5.89 Å². The van der Waals surface area contributed by atoms with Crippen molar-refractivity contribution in [3.8, 4) is 0 Å². The fourth-order valence-corrected chi connectivity index (χ4v) is 4.07. The zero-order chi connectivity index (χ0) is 21.5. The molecule has 0 radical (unpaired) electrons. The van der Waals surface area contributed by atoms with Crippen molar-refractivity contribution in [2.24, 2.45) is 5.92 Å². The Morgan fingerprint density at radius 3 is 2.81 bits per heavy atom. The van der Waals surface area contributed by atoms with Gasteiger partial charge in [0.25, 0.3) is 0 Å². The fourth-order valence-electron chi connectivity index (χ4n) is 4.07. The Bertz CT molecular complexity index is 1000. The molecule has 31 heavy (non-hydrogen) atoms. The van der Waals surface area contributed by atoms with Crippen molar-refractivity contribution in [2.75, 3.05) is 11.9 Å². The second-order valence-electron chi connectivity index (χ2n) is 8.16. The van der Waals surface area contributed by atoms with E-state index in [2.05, 4.69) is 27.6 Å². The van der Waals surface area contributed by atoms with Crippen LogP contribution in [0, 0.1) is 5.92 Å². The third-order valence-corrected chi connectivity index (χ3v) is 5.59. The normalized spacial score (nSPS) is 13.9. The number of nitrogens with zero attached hydrogens (tertiary/aromatic N) is 3. The number of nitrogens with one attached hydrogen (secondary N) is 1. The van der Waals surface area contributed by atoms with Crippen molar-refractivity contribution in [3.05, 3.63) is 71.0 Å². The molecule has 0 spiro atoms. The molecule has 2 N–H and O–H groups in total. The number of carbonyl (C=O) groups is 1. The molecule has 1 atom stereocenters. The monoisotopic (exact) mass is 420 g/mol. The highest BCUT2D eigenvalue weighted by molar-refractivity contribution is 5.67. The van der Waals surface area contributed by atoms with Crippen LogP contribution in [0.3, 0.4) is 0 Å². The largest absolute Gasteiger partial charge is 0.481 e. The van der Waals surface area contributed by atoms with E-state index in [1.54, 1.807) is 0 Å². The first-order valence-corrected chi connectivity index (χ1v) is 11.0. The molecule has 7 nitrogen and oxygen atoms in total. The minimum absolute atomic E-state index is 0.0740. The first kappa shape index (κ1) is 21.0. The maximum Gasteiger partial charge on any atom is 0.303 e. The van der Waals surface area contributed by atoms with Gasteiger partial charge in [0.15, 0.2) is 5.82 Å². The summed E-state index contributed by atoms with van der Waals surface area (Å²) in [6.45, 7) is 0.988. The quantitative estimate of drug-likeness (QED) is 0.513. The number of aromatic nitrogens is 3. The van der Waals surface area contributed by atoms with Gasteiger partial charge in [-0.3, -0.25) is 4.79 Å². The molecule has 0 bridgehead atoms. The summed E-state index contributed by atoms with van der Waals surface area (Å²) < 4.78 is 5.41. The highest BCUT2D eigenvalue weighted by atomic mass is 16.5. The number of fused-ring (bicyclic) bond motifs is 1. The molecule has 0 aliphatic carbocycles. The minimum Gasteiger partial charge on any atom is -0.481 e. The Morgan fingerprint density at radius 1 is 1.10 bits per heavy atom. The summed E-state index contributed by atoms with van der Waals surface area (Å²) in [5, 5.41) is 16.7. The van der Waals surface area contributed by atoms with Crippen LogP contribution in [0.25, 0.3) is 0 Å². The number of anilines is 1. The molecule has 4 rings (SSSR count). The summed E-state index contributed by atoms with van der Waals surface area (Å²) in [5.74, 6) is 1.30. The first-order chi connectivity index (χ1) is 15.2. The van der Waals surface area contributed by atoms with Gasteiger partial charge >= 0.3 is 5.97 Å². The zero-order valence-electron chi connectivity index (χ0n) is 17.6. The van der Waals surface area contributed by atoms with Crippen molar-refractivity contribution in [1.82, 2.24) is 15.1 Å². The predicted molar refractivity (Wildman–Crippen MR) is 117 cm³/mol. The minimum atomic E-state index is -0.812. The summed E-state index contributed by atoms with van der Waals surface area (Å²) in [6, 6.07) is 14.2. The smallest absolute Gasteiger partial charge is 0.303 e. The summed E-state index contributed by atoms with van der Waals surface area (Å²) in [7, 11) is 0. The Hall–Kier alpha value is -3.22. The van der Waals surface area contributed by atoms with Gasteiger partial charge in [-0.25, -0.2) is 4.98 Å². The average molecular weight is 421 g/mol. The summed E-state index contributed by atoms with van der Waals surface area (Å²) in [5.41, 5.74) is 3.48. The molecule has 1 aromatic carbocycles. The number of aliphatic carboxylic acids is 1. The molecule has 0 fully saturated rings. The zero-order valence-corrected chi connectivity index (χ0v) is 17.6. The van der Waals surface area contributed by atoms with Crippen molar-refractivity contribution >= 4 is 11.8 Å². The summed E-state index contributed by atoms with van der Waals surface area (Å²) in [4.78, 5) is 20.5. The number of hydrogen-bond donors (Lipinski definition) is 2. The lowest BCUT2D eigenvalue weighted by Crippen LogP contribution is -2.14. The molecule has 2 aromatic heterocycles. The molecular formula is C24H28N4O3. The van der Waals surface area contributed by atoms with Crippen LogP contribution < -0.4 is 5.32 Å². The topological polar surface area (TPSA) is 101 Å². The molecule has 0 saturated heterocycles. The van der Waals surface area contributed by atoms with E-state index in [1.807, 2.05) is 30.3 Å². The number of rotatable bonds is 10. The van der Waals surface area contributed by atoms with Crippen LogP contribution in [0.15, 0.2) is 47.0 Å². The van der Waals surface area contributed by atoms with Crippen LogP contribution in [0.5, 0.6) is 0 Å². The highest BCUT2D eigenvalue weighted by Gasteiger charge is 2.19. The highest BCUT2D eigenvalue weighted by Crippen LogP contribution is 2.21. The third kappa shape index (κ3) is 6.13. The second kappa shape index (κ2) is 10.2. The fraction of sp³-hybridized carbons (Fsp3) is 0.417.